The van der Waals surface area contributed by atoms with Crippen LogP contribution in [-0.4, -0.2) is 45.1 Å². The summed E-state index contributed by atoms with van der Waals surface area (Å²) in [6.45, 7) is 4.95. The van der Waals surface area contributed by atoms with Crippen LogP contribution in [0, 0.1) is 13.8 Å². The van der Waals surface area contributed by atoms with Crippen LogP contribution in [0.1, 0.15) is 71.1 Å². The number of hydrogen-bond donors (Lipinski definition) is 1. The third-order valence-electron chi connectivity index (χ3n) is 6.50. The molecule has 1 aliphatic carbocycles. The van der Waals surface area contributed by atoms with Crippen LogP contribution in [-0.2, 0) is 4.79 Å². The molecule has 0 bridgehead atoms. The first-order chi connectivity index (χ1) is 14.7. The molecule has 1 aliphatic heterocycles. The summed E-state index contributed by atoms with van der Waals surface area (Å²) in [6, 6.07) is 8.52. The van der Waals surface area contributed by atoms with Crippen LogP contribution in [0.15, 0.2) is 30.3 Å². The summed E-state index contributed by atoms with van der Waals surface area (Å²) in [5.74, 6) is -0.595. The number of rotatable bonds is 5. The van der Waals surface area contributed by atoms with Gasteiger partial charge in [-0.25, -0.2) is 4.79 Å². The molecule has 1 N–H and O–H groups in total. The highest BCUT2D eigenvalue weighted by Gasteiger charge is 2.51. The van der Waals surface area contributed by atoms with E-state index in [-0.39, 0.29) is 24.0 Å². The van der Waals surface area contributed by atoms with Crippen LogP contribution in [0.4, 0.5) is 4.79 Å². The molecule has 2 heterocycles. The number of nitrogens with zero attached hydrogens (tertiary/aromatic N) is 2. The van der Waals surface area contributed by atoms with E-state index in [1.165, 1.54) is 6.92 Å². The number of hydrogen-bond acceptors (Lipinski definition) is 4. The SMILES string of the molecule is CC(=O)c1cccc(-n2c(C)cc(C(=O)CN3C(=O)NC4(CCCCC4)C3=O)c2C)c1. The number of carbonyl (C=O) groups is 4. The summed E-state index contributed by atoms with van der Waals surface area (Å²) in [5.41, 5.74) is 2.56. The highest BCUT2D eigenvalue weighted by molar-refractivity contribution is 6.11. The van der Waals surface area contributed by atoms with Gasteiger partial charge in [0.15, 0.2) is 11.6 Å². The van der Waals surface area contributed by atoms with E-state index in [0.29, 0.717) is 29.7 Å². The average Bonchev–Trinajstić information content (AvgIpc) is 3.16. The van der Waals surface area contributed by atoms with Gasteiger partial charge in [0.05, 0.1) is 6.54 Å². The zero-order valence-corrected chi connectivity index (χ0v) is 18.2. The Balaban J connectivity index is 1.60. The zero-order chi connectivity index (χ0) is 22.3. The Morgan fingerprint density at radius 1 is 1.06 bits per heavy atom. The fourth-order valence-corrected chi connectivity index (χ4v) is 4.85. The molecule has 7 nitrogen and oxygen atoms in total. The number of Topliss-reactive ketones (excluding diaryl/α,β-unsaturated/α-hetero) is 2. The maximum Gasteiger partial charge on any atom is 0.325 e. The molecule has 2 aromatic rings. The first-order valence-electron chi connectivity index (χ1n) is 10.7. The molecule has 0 radical (unpaired) electrons. The molecule has 4 rings (SSSR count). The van der Waals surface area contributed by atoms with E-state index >= 15 is 0 Å². The van der Waals surface area contributed by atoms with Gasteiger partial charge < -0.3 is 9.88 Å². The van der Waals surface area contributed by atoms with Crippen molar-refractivity contribution in [2.45, 2.75) is 58.4 Å². The van der Waals surface area contributed by atoms with E-state index in [1.54, 1.807) is 18.2 Å². The zero-order valence-electron chi connectivity index (χ0n) is 18.2. The van der Waals surface area contributed by atoms with Crippen LogP contribution in [0.3, 0.4) is 0 Å². The summed E-state index contributed by atoms with van der Waals surface area (Å²) in [5, 5.41) is 2.85. The monoisotopic (exact) mass is 421 g/mol. The van der Waals surface area contributed by atoms with Crippen molar-refractivity contribution in [3.05, 3.63) is 52.8 Å². The lowest BCUT2D eigenvalue weighted by molar-refractivity contribution is -0.132. The van der Waals surface area contributed by atoms with Gasteiger partial charge in [0.2, 0.25) is 0 Å². The van der Waals surface area contributed by atoms with Crippen LogP contribution in [0.2, 0.25) is 0 Å². The van der Waals surface area contributed by atoms with E-state index in [9.17, 15) is 19.2 Å². The lowest BCUT2D eigenvalue weighted by Gasteiger charge is -2.30. The topological polar surface area (TPSA) is 88.5 Å². The third-order valence-corrected chi connectivity index (χ3v) is 6.50. The van der Waals surface area contributed by atoms with Gasteiger partial charge in [-0.1, -0.05) is 31.4 Å². The maximum absolute atomic E-state index is 13.1. The Morgan fingerprint density at radius 2 is 1.77 bits per heavy atom. The van der Waals surface area contributed by atoms with Gasteiger partial charge in [-0.05, 0) is 51.8 Å². The number of carbonyl (C=O) groups excluding carboxylic acids is 4. The molecule has 1 spiro atoms. The smallest absolute Gasteiger partial charge is 0.323 e. The second-order valence-electron chi connectivity index (χ2n) is 8.61. The van der Waals surface area contributed by atoms with Gasteiger partial charge in [0, 0.05) is 28.2 Å². The van der Waals surface area contributed by atoms with Crippen LogP contribution in [0.25, 0.3) is 5.69 Å². The molecule has 1 aromatic heterocycles. The Hall–Kier alpha value is -3.22. The Morgan fingerprint density at radius 3 is 2.45 bits per heavy atom. The molecule has 7 heteroatoms. The second kappa shape index (κ2) is 7.80. The molecule has 1 aromatic carbocycles. The van der Waals surface area contributed by atoms with Crippen molar-refractivity contribution in [3.63, 3.8) is 0 Å². The summed E-state index contributed by atoms with van der Waals surface area (Å²) in [7, 11) is 0. The van der Waals surface area contributed by atoms with E-state index in [2.05, 4.69) is 5.32 Å². The first-order valence-corrected chi connectivity index (χ1v) is 10.7. The molecule has 0 atom stereocenters. The van der Waals surface area contributed by atoms with Crippen LogP contribution >= 0.6 is 0 Å². The fourth-order valence-electron chi connectivity index (χ4n) is 4.85. The highest BCUT2D eigenvalue weighted by atomic mass is 16.2. The number of benzene rings is 1. The molecular weight excluding hydrogens is 394 g/mol. The molecule has 2 fully saturated rings. The summed E-state index contributed by atoms with van der Waals surface area (Å²) in [6.07, 6.45) is 4.11. The van der Waals surface area contributed by atoms with Gasteiger partial charge in [-0.2, -0.15) is 0 Å². The second-order valence-corrected chi connectivity index (χ2v) is 8.61. The lowest BCUT2D eigenvalue weighted by atomic mass is 9.82. The molecule has 162 valence electrons. The van der Waals surface area contributed by atoms with E-state index in [4.69, 9.17) is 0 Å². The van der Waals surface area contributed by atoms with Crippen molar-refractivity contribution in [3.8, 4) is 5.69 Å². The van der Waals surface area contributed by atoms with Crippen LogP contribution < -0.4 is 5.32 Å². The highest BCUT2D eigenvalue weighted by Crippen LogP contribution is 2.34. The Labute approximate surface area is 181 Å². The number of aryl methyl sites for hydroxylation is 1. The molecule has 1 saturated carbocycles. The summed E-state index contributed by atoms with van der Waals surface area (Å²) >= 11 is 0. The van der Waals surface area contributed by atoms with Crippen molar-refractivity contribution in [2.24, 2.45) is 0 Å². The molecule has 31 heavy (non-hydrogen) atoms. The van der Waals surface area contributed by atoms with Crippen molar-refractivity contribution in [2.75, 3.05) is 6.54 Å². The minimum atomic E-state index is -0.834. The number of urea groups is 1. The van der Waals surface area contributed by atoms with E-state index < -0.39 is 11.6 Å². The molecular formula is C24H27N3O4. The van der Waals surface area contributed by atoms with Crippen molar-refractivity contribution in [1.29, 1.82) is 0 Å². The van der Waals surface area contributed by atoms with Crippen molar-refractivity contribution >= 4 is 23.5 Å². The number of imide groups is 1. The number of nitrogens with one attached hydrogen (secondary N) is 1. The van der Waals surface area contributed by atoms with Gasteiger partial charge in [0.1, 0.15) is 5.54 Å². The minimum Gasteiger partial charge on any atom is -0.323 e. The predicted molar refractivity (Wildman–Crippen MR) is 116 cm³/mol. The minimum absolute atomic E-state index is 0.0317. The summed E-state index contributed by atoms with van der Waals surface area (Å²) in [4.78, 5) is 51.4. The molecule has 0 unspecified atom stereocenters. The molecule has 3 amide bonds. The third kappa shape index (κ3) is 3.58. The van der Waals surface area contributed by atoms with Gasteiger partial charge >= 0.3 is 6.03 Å². The average molecular weight is 421 g/mol. The summed E-state index contributed by atoms with van der Waals surface area (Å²) < 4.78 is 1.91. The largest absolute Gasteiger partial charge is 0.325 e. The van der Waals surface area contributed by atoms with Gasteiger partial charge in [-0.15, -0.1) is 0 Å². The van der Waals surface area contributed by atoms with E-state index in [1.807, 2.05) is 30.5 Å². The Bertz CT molecular complexity index is 1090. The predicted octanol–water partition coefficient (Wildman–Crippen LogP) is 3.73. The molecule has 2 aliphatic rings. The normalized spacial score (nSPS) is 17.8. The number of aromatic nitrogens is 1. The van der Waals surface area contributed by atoms with E-state index in [0.717, 1.165) is 35.5 Å². The lowest BCUT2D eigenvalue weighted by Crippen LogP contribution is -2.48. The van der Waals surface area contributed by atoms with Crippen molar-refractivity contribution < 1.29 is 19.2 Å². The van der Waals surface area contributed by atoms with Crippen LogP contribution in [0.5, 0.6) is 0 Å². The van der Waals surface area contributed by atoms with Gasteiger partial charge in [0.25, 0.3) is 5.91 Å². The van der Waals surface area contributed by atoms with Gasteiger partial charge in [-0.3, -0.25) is 19.3 Å². The number of ketones is 2. The Kier molecular flexibility index (Phi) is 5.29. The van der Waals surface area contributed by atoms with Crippen molar-refractivity contribution in [1.82, 2.24) is 14.8 Å². The molecule has 1 saturated heterocycles. The standard InChI is InChI=1S/C24H27N3O4/c1-15-12-20(16(2)27(15)19-9-7-8-18(13-19)17(3)28)21(29)14-26-22(30)24(25-23(26)31)10-5-4-6-11-24/h7-9,12-13H,4-6,10-11,14H2,1-3H3,(H,25,31). The maximum atomic E-state index is 13.1. The fraction of sp³-hybridized carbons (Fsp3) is 0.417. The first kappa shape index (κ1) is 21.0. The number of amides is 3. The quantitative estimate of drug-likeness (QED) is 0.588.